The van der Waals surface area contributed by atoms with Gasteiger partial charge in [0.15, 0.2) is 5.78 Å². The maximum absolute atomic E-state index is 11.7. The number of rotatable bonds is 3. The fourth-order valence-corrected chi connectivity index (χ4v) is 2.66. The lowest BCUT2D eigenvalue weighted by Crippen LogP contribution is -2.33. The molecule has 2 rings (SSSR count). The molecule has 0 bridgehead atoms. The molecule has 2 nitrogen and oxygen atoms in total. The summed E-state index contributed by atoms with van der Waals surface area (Å²) in [4.78, 5) is 11.7. The maximum Gasteiger partial charge on any atom is 0.162 e. The van der Waals surface area contributed by atoms with Crippen molar-refractivity contribution >= 4 is 17.5 Å². The van der Waals surface area contributed by atoms with Crippen LogP contribution in [-0.4, -0.2) is 30.0 Å². The third-order valence-electron chi connectivity index (χ3n) is 2.89. The second-order valence-electron chi connectivity index (χ2n) is 3.90. The number of hydrogen-bond donors (Lipinski definition) is 0. The minimum Gasteiger partial charge on any atom is -0.369 e. The van der Waals surface area contributed by atoms with Gasteiger partial charge in [-0.2, -0.15) is 11.8 Å². The molecule has 2 fully saturated rings. The van der Waals surface area contributed by atoms with Gasteiger partial charge in [0.25, 0.3) is 0 Å². The molecule has 3 heteroatoms. The molecule has 1 saturated heterocycles. The van der Waals surface area contributed by atoms with Crippen LogP contribution in [0.3, 0.4) is 0 Å². The summed E-state index contributed by atoms with van der Waals surface area (Å²) in [5.41, 5.74) is 0. The summed E-state index contributed by atoms with van der Waals surface area (Å²) in [5.74, 6) is 2.96. The van der Waals surface area contributed by atoms with Gasteiger partial charge in [-0.1, -0.05) is 19.3 Å². The molecule has 0 amide bonds. The topological polar surface area (TPSA) is 26.3 Å². The summed E-state index contributed by atoms with van der Waals surface area (Å²) < 4.78 is 5.44. The first-order valence-electron chi connectivity index (χ1n) is 5.08. The third-order valence-corrected chi connectivity index (χ3v) is 3.88. The molecular weight excluding hydrogens is 184 g/mol. The van der Waals surface area contributed by atoms with Gasteiger partial charge in [0, 0.05) is 17.9 Å². The van der Waals surface area contributed by atoms with E-state index in [1.807, 2.05) is 11.8 Å². The Bertz CT molecular complexity index is 183. The number of ketones is 1. The number of Topliss-reactive ketones (excluding diaryl/α,β-unsaturated/α-hetero) is 1. The minimum absolute atomic E-state index is 0.0839. The van der Waals surface area contributed by atoms with E-state index in [0.717, 1.165) is 24.5 Å². The molecule has 0 spiro atoms. The average Bonchev–Trinajstić information content (AvgIpc) is 2.12. The Kier molecular flexibility index (Phi) is 3.28. The molecular formula is C10H16O2S. The second-order valence-corrected chi connectivity index (χ2v) is 5.05. The Morgan fingerprint density at radius 2 is 2.31 bits per heavy atom. The molecule has 1 aliphatic carbocycles. The van der Waals surface area contributed by atoms with Crippen LogP contribution in [0.4, 0.5) is 0 Å². The molecule has 0 aromatic heterocycles. The van der Waals surface area contributed by atoms with Crippen LogP contribution >= 0.6 is 11.8 Å². The molecule has 74 valence electrons. The first-order valence-corrected chi connectivity index (χ1v) is 6.24. The first kappa shape index (κ1) is 9.53. The highest BCUT2D eigenvalue weighted by atomic mass is 32.2. The summed E-state index contributed by atoms with van der Waals surface area (Å²) in [7, 11) is 0. The van der Waals surface area contributed by atoms with Crippen molar-refractivity contribution in [1.82, 2.24) is 0 Å². The van der Waals surface area contributed by atoms with Crippen LogP contribution in [-0.2, 0) is 9.53 Å². The summed E-state index contributed by atoms with van der Waals surface area (Å²) in [5, 5.41) is 0. The highest BCUT2D eigenvalue weighted by Crippen LogP contribution is 2.30. The molecule has 0 aromatic rings. The SMILES string of the molecule is O=C(CC1CCC1)C1CSCCO1. The van der Waals surface area contributed by atoms with E-state index in [9.17, 15) is 4.79 Å². The Hall–Kier alpha value is -0.0200. The molecule has 0 radical (unpaired) electrons. The van der Waals surface area contributed by atoms with Crippen LogP contribution < -0.4 is 0 Å². The van der Waals surface area contributed by atoms with E-state index in [2.05, 4.69) is 0 Å². The predicted octanol–water partition coefficient (Wildman–Crippen LogP) is 1.88. The van der Waals surface area contributed by atoms with Crippen molar-refractivity contribution in [3.63, 3.8) is 0 Å². The predicted molar refractivity (Wildman–Crippen MR) is 54.0 cm³/mol. The van der Waals surface area contributed by atoms with Crippen molar-refractivity contribution in [3.05, 3.63) is 0 Å². The van der Waals surface area contributed by atoms with E-state index in [0.29, 0.717) is 11.7 Å². The van der Waals surface area contributed by atoms with Gasteiger partial charge in [-0.05, 0) is 5.92 Å². The zero-order valence-corrected chi connectivity index (χ0v) is 8.65. The zero-order chi connectivity index (χ0) is 9.10. The lowest BCUT2D eigenvalue weighted by molar-refractivity contribution is -0.130. The van der Waals surface area contributed by atoms with Crippen molar-refractivity contribution in [3.8, 4) is 0 Å². The van der Waals surface area contributed by atoms with Crippen molar-refractivity contribution in [1.29, 1.82) is 0 Å². The van der Waals surface area contributed by atoms with Gasteiger partial charge >= 0.3 is 0 Å². The van der Waals surface area contributed by atoms with E-state index < -0.39 is 0 Å². The summed E-state index contributed by atoms with van der Waals surface area (Å²) in [6.45, 7) is 0.756. The van der Waals surface area contributed by atoms with Crippen LogP contribution in [0.2, 0.25) is 0 Å². The molecule has 1 aliphatic heterocycles. The molecule has 13 heavy (non-hydrogen) atoms. The summed E-state index contributed by atoms with van der Waals surface area (Å²) in [6.07, 6.45) is 4.51. The first-order chi connectivity index (χ1) is 6.36. The average molecular weight is 200 g/mol. The normalized spacial score (nSPS) is 29.7. The molecule has 1 heterocycles. The van der Waals surface area contributed by atoms with E-state index in [4.69, 9.17) is 4.74 Å². The van der Waals surface area contributed by atoms with Crippen LogP contribution in [0.5, 0.6) is 0 Å². The standard InChI is InChI=1S/C10H16O2S/c11-9(6-8-2-1-3-8)10-7-13-5-4-12-10/h8,10H,1-7H2. The molecule has 0 N–H and O–H groups in total. The Morgan fingerprint density at radius 3 is 2.85 bits per heavy atom. The molecule has 0 aromatic carbocycles. The summed E-state index contributed by atoms with van der Waals surface area (Å²) >= 11 is 1.84. The molecule has 1 unspecified atom stereocenters. The van der Waals surface area contributed by atoms with Crippen LogP contribution in [0.15, 0.2) is 0 Å². The lowest BCUT2D eigenvalue weighted by atomic mass is 9.81. The van der Waals surface area contributed by atoms with Crippen LogP contribution in [0.25, 0.3) is 0 Å². The van der Waals surface area contributed by atoms with Crippen LogP contribution in [0.1, 0.15) is 25.7 Å². The number of carbonyl (C=O) groups is 1. The maximum atomic E-state index is 11.7. The minimum atomic E-state index is -0.0839. The number of ether oxygens (including phenoxy) is 1. The molecule has 1 atom stereocenters. The highest BCUT2D eigenvalue weighted by Gasteiger charge is 2.27. The fraction of sp³-hybridized carbons (Fsp3) is 0.900. The van der Waals surface area contributed by atoms with Gasteiger partial charge in [0.05, 0.1) is 6.61 Å². The fourth-order valence-electron chi connectivity index (χ4n) is 1.79. The van der Waals surface area contributed by atoms with Crippen molar-refractivity contribution in [2.45, 2.75) is 31.8 Å². The Labute approximate surface area is 83.4 Å². The largest absolute Gasteiger partial charge is 0.369 e. The van der Waals surface area contributed by atoms with E-state index in [1.54, 1.807) is 0 Å². The van der Waals surface area contributed by atoms with Gasteiger partial charge in [0.2, 0.25) is 0 Å². The molecule has 2 aliphatic rings. The van der Waals surface area contributed by atoms with Gasteiger partial charge in [-0.15, -0.1) is 0 Å². The van der Waals surface area contributed by atoms with Gasteiger partial charge in [0.1, 0.15) is 6.10 Å². The van der Waals surface area contributed by atoms with E-state index in [1.165, 1.54) is 19.3 Å². The lowest BCUT2D eigenvalue weighted by Gasteiger charge is -2.27. The van der Waals surface area contributed by atoms with E-state index >= 15 is 0 Å². The van der Waals surface area contributed by atoms with Crippen molar-refractivity contribution in [2.75, 3.05) is 18.1 Å². The van der Waals surface area contributed by atoms with Gasteiger partial charge in [-0.25, -0.2) is 0 Å². The van der Waals surface area contributed by atoms with Crippen molar-refractivity contribution in [2.24, 2.45) is 5.92 Å². The monoisotopic (exact) mass is 200 g/mol. The third kappa shape index (κ3) is 2.47. The molecule has 1 saturated carbocycles. The number of hydrogen-bond acceptors (Lipinski definition) is 3. The number of thioether (sulfide) groups is 1. The Balaban J connectivity index is 1.74. The van der Waals surface area contributed by atoms with E-state index in [-0.39, 0.29) is 6.10 Å². The highest BCUT2D eigenvalue weighted by molar-refractivity contribution is 7.99. The number of carbonyl (C=O) groups excluding carboxylic acids is 1. The summed E-state index contributed by atoms with van der Waals surface area (Å²) in [6, 6.07) is 0. The van der Waals surface area contributed by atoms with Gasteiger partial charge in [-0.3, -0.25) is 4.79 Å². The van der Waals surface area contributed by atoms with Crippen molar-refractivity contribution < 1.29 is 9.53 Å². The zero-order valence-electron chi connectivity index (χ0n) is 7.83. The van der Waals surface area contributed by atoms with Crippen LogP contribution in [0, 0.1) is 5.92 Å². The second kappa shape index (κ2) is 4.47. The Morgan fingerprint density at radius 1 is 1.46 bits per heavy atom. The quantitative estimate of drug-likeness (QED) is 0.696. The van der Waals surface area contributed by atoms with Gasteiger partial charge < -0.3 is 4.74 Å². The smallest absolute Gasteiger partial charge is 0.162 e.